The number of unbranched alkanes of at least 4 members (excludes halogenated alkanes) is 2. The van der Waals surface area contributed by atoms with Crippen LogP contribution in [0.3, 0.4) is 0 Å². The van der Waals surface area contributed by atoms with Crippen LogP contribution in [-0.2, 0) is 0 Å². The number of hydrogen-bond acceptors (Lipinski definition) is 3. The molecule has 0 spiro atoms. The van der Waals surface area contributed by atoms with Crippen LogP contribution in [0, 0.1) is 0 Å². The summed E-state index contributed by atoms with van der Waals surface area (Å²) >= 11 is 1.97. The summed E-state index contributed by atoms with van der Waals surface area (Å²) < 4.78 is 0. The highest BCUT2D eigenvalue weighted by Gasteiger charge is 2.22. The van der Waals surface area contributed by atoms with Crippen molar-refractivity contribution in [1.29, 1.82) is 0 Å². The van der Waals surface area contributed by atoms with Gasteiger partial charge in [-0.3, -0.25) is 4.90 Å². The molecule has 0 amide bonds. The third-order valence-electron chi connectivity index (χ3n) is 3.57. The highest BCUT2D eigenvalue weighted by Crippen LogP contribution is 2.11. The first-order valence-corrected chi connectivity index (χ1v) is 8.13. The normalized spacial score (nSPS) is 27.2. The van der Waals surface area contributed by atoms with Crippen LogP contribution in [0.25, 0.3) is 0 Å². The summed E-state index contributed by atoms with van der Waals surface area (Å²) in [5, 5.41) is 3.61. The number of rotatable bonds is 7. The quantitative estimate of drug-likeness (QED) is 0.693. The largest absolute Gasteiger partial charge is 0.311 e. The fraction of sp³-hybridized carbons (Fsp3) is 1.00. The summed E-state index contributed by atoms with van der Waals surface area (Å²) in [6.45, 7) is 8.35. The molecule has 0 aromatic heterocycles. The molecule has 1 saturated heterocycles. The predicted molar refractivity (Wildman–Crippen MR) is 75.3 cm³/mol. The molecule has 1 aliphatic rings. The van der Waals surface area contributed by atoms with Gasteiger partial charge < -0.3 is 5.32 Å². The summed E-state index contributed by atoms with van der Waals surface area (Å²) in [6.07, 6.45) is 7.62. The first-order chi connectivity index (χ1) is 7.77. The van der Waals surface area contributed by atoms with Crippen molar-refractivity contribution in [2.45, 2.75) is 51.6 Å². The molecule has 0 aliphatic carbocycles. The van der Waals surface area contributed by atoms with E-state index in [4.69, 9.17) is 0 Å². The lowest BCUT2D eigenvalue weighted by Gasteiger charge is -2.38. The van der Waals surface area contributed by atoms with Crippen LogP contribution in [0.1, 0.15) is 39.5 Å². The molecule has 3 heteroatoms. The monoisotopic (exact) mass is 244 g/mol. The Bertz CT molecular complexity index is 175. The van der Waals surface area contributed by atoms with Crippen molar-refractivity contribution in [1.82, 2.24) is 10.2 Å². The first-order valence-electron chi connectivity index (χ1n) is 6.74. The zero-order valence-corrected chi connectivity index (χ0v) is 12.0. The van der Waals surface area contributed by atoms with E-state index in [9.17, 15) is 0 Å². The van der Waals surface area contributed by atoms with Crippen molar-refractivity contribution >= 4 is 11.8 Å². The molecule has 1 heterocycles. The van der Waals surface area contributed by atoms with E-state index in [1.54, 1.807) is 0 Å². The van der Waals surface area contributed by atoms with Gasteiger partial charge in [-0.05, 0) is 44.7 Å². The Hall–Kier alpha value is 0.270. The molecule has 1 N–H and O–H groups in total. The van der Waals surface area contributed by atoms with Gasteiger partial charge in [0.2, 0.25) is 0 Å². The van der Waals surface area contributed by atoms with E-state index in [0.717, 1.165) is 12.1 Å². The smallest absolute Gasteiger partial charge is 0.0193 e. The average molecular weight is 244 g/mol. The Balaban J connectivity index is 2.13. The van der Waals surface area contributed by atoms with Crippen molar-refractivity contribution in [3.63, 3.8) is 0 Å². The highest BCUT2D eigenvalue weighted by atomic mass is 32.2. The minimum Gasteiger partial charge on any atom is -0.311 e. The number of hydrogen-bond donors (Lipinski definition) is 1. The molecule has 0 saturated carbocycles. The van der Waals surface area contributed by atoms with Crippen LogP contribution < -0.4 is 5.32 Å². The van der Waals surface area contributed by atoms with Gasteiger partial charge in [0.1, 0.15) is 0 Å². The van der Waals surface area contributed by atoms with Crippen molar-refractivity contribution in [3.8, 4) is 0 Å². The predicted octanol–water partition coefficient (Wildman–Crippen LogP) is 2.59. The SMILES string of the molecule is CCC1CN(CCCCCSC)C(C)CN1. The van der Waals surface area contributed by atoms with Gasteiger partial charge in [0, 0.05) is 25.2 Å². The second-order valence-corrected chi connectivity index (χ2v) is 5.90. The van der Waals surface area contributed by atoms with E-state index >= 15 is 0 Å². The molecule has 96 valence electrons. The van der Waals surface area contributed by atoms with Gasteiger partial charge in [-0.2, -0.15) is 11.8 Å². The van der Waals surface area contributed by atoms with Crippen LogP contribution in [0.5, 0.6) is 0 Å². The average Bonchev–Trinajstić information content (AvgIpc) is 2.31. The Morgan fingerprint density at radius 3 is 2.81 bits per heavy atom. The zero-order valence-electron chi connectivity index (χ0n) is 11.2. The lowest BCUT2D eigenvalue weighted by molar-refractivity contribution is 0.137. The molecular weight excluding hydrogens is 216 g/mol. The second kappa shape index (κ2) is 8.37. The van der Waals surface area contributed by atoms with Gasteiger partial charge in [0.15, 0.2) is 0 Å². The van der Waals surface area contributed by atoms with Crippen molar-refractivity contribution in [2.75, 3.05) is 31.6 Å². The van der Waals surface area contributed by atoms with E-state index in [1.165, 1.54) is 51.1 Å². The Kier molecular flexibility index (Phi) is 7.50. The first kappa shape index (κ1) is 14.3. The molecule has 2 unspecified atom stereocenters. The molecular formula is C13H28N2S. The third kappa shape index (κ3) is 5.07. The van der Waals surface area contributed by atoms with E-state index in [-0.39, 0.29) is 0 Å². The molecule has 0 radical (unpaired) electrons. The molecule has 1 rings (SSSR count). The zero-order chi connectivity index (χ0) is 11.8. The summed E-state index contributed by atoms with van der Waals surface area (Å²) in [7, 11) is 0. The second-order valence-electron chi connectivity index (χ2n) is 4.91. The Morgan fingerprint density at radius 2 is 2.12 bits per heavy atom. The third-order valence-corrected chi connectivity index (χ3v) is 4.26. The van der Waals surface area contributed by atoms with Crippen molar-refractivity contribution in [2.24, 2.45) is 0 Å². The Labute approximate surface area is 106 Å². The summed E-state index contributed by atoms with van der Waals surface area (Å²) in [5.74, 6) is 1.33. The highest BCUT2D eigenvalue weighted by molar-refractivity contribution is 7.98. The maximum atomic E-state index is 3.61. The molecule has 1 fully saturated rings. The van der Waals surface area contributed by atoms with Crippen LogP contribution in [0.4, 0.5) is 0 Å². The maximum absolute atomic E-state index is 3.61. The topological polar surface area (TPSA) is 15.3 Å². The molecule has 2 atom stereocenters. The molecule has 0 aromatic rings. The number of piperazine rings is 1. The van der Waals surface area contributed by atoms with Crippen LogP contribution >= 0.6 is 11.8 Å². The number of nitrogens with zero attached hydrogens (tertiary/aromatic N) is 1. The van der Waals surface area contributed by atoms with Gasteiger partial charge in [0.25, 0.3) is 0 Å². The van der Waals surface area contributed by atoms with Crippen molar-refractivity contribution in [3.05, 3.63) is 0 Å². The Morgan fingerprint density at radius 1 is 1.31 bits per heavy atom. The van der Waals surface area contributed by atoms with E-state index in [1.807, 2.05) is 11.8 Å². The minimum atomic E-state index is 0.724. The summed E-state index contributed by atoms with van der Waals surface area (Å²) in [6, 6.07) is 1.45. The lowest BCUT2D eigenvalue weighted by Crippen LogP contribution is -2.55. The van der Waals surface area contributed by atoms with Gasteiger partial charge in [-0.15, -0.1) is 0 Å². The molecule has 0 bridgehead atoms. The van der Waals surface area contributed by atoms with E-state index in [2.05, 4.69) is 30.3 Å². The molecule has 2 nitrogen and oxygen atoms in total. The number of nitrogens with one attached hydrogen (secondary N) is 1. The molecule has 1 aliphatic heterocycles. The van der Waals surface area contributed by atoms with Crippen molar-refractivity contribution < 1.29 is 0 Å². The molecule has 0 aromatic carbocycles. The summed E-state index contributed by atoms with van der Waals surface area (Å²) in [4.78, 5) is 2.67. The standard InChI is InChI=1S/C13H28N2S/c1-4-13-11-15(12(2)10-14-13)8-6-5-7-9-16-3/h12-14H,4-11H2,1-3H3. The molecule has 16 heavy (non-hydrogen) atoms. The van der Waals surface area contributed by atoms with E-state index in [0.29, 0.717) is 0 Å². The van der Waals surface area contributed by atoms with Gasteiger partial charge >= 0.3 is 0 Å². The van der Waals surface area contributed by atoms with Gasteiger partial charge in [-0.25, -0.2) is 0 Å². The van der Waals surface area contributed by atoms with Gasteiger partial charge in [-0.1, -0.05) is 13.3 Å². The van der Waals surface area contributed by atoms with Crippen LogP contribution in [-0.4, -0.2) is 48.6 Å². The van der Waals surface area contributed by atoms with E-state index < -0.39 is 0 Å². The minimum absolute atomic E-state index is 0.724. The number of thioether (sulfide) groups is 1. The van der Waals surface area contributed by atoms with Crippen LogP contribution in [0.15, 0.2) is 0 Å². The summed E-state index contributed by atoms with van der Waals surface area (Å²) in [5.41, 5.74) is 0. The van der Waals surface area contributed by atoms with Crippen LogP contribution in [0.2, 0.25) is 0 Å². The fourth-order valence-electron chi connectivity index (χ4n) is 2.32. The lowest BCUT2D eigenvalue weighted by atomic mass is 10.1. The van der Waals surface area contributed by atoms with Gasteiger partial charge in [0.05, 0.1) is 0 Å². The maximum Gasteiger partial charge on any atom is 0.0193 e. The fourth-order valence-corrected chi connectivity index (χ4v) is 2.81.